The molecule has 0 bridgehead atoms. The molecule has 2 aliphatic rings. The predicted molar refractivity (Wildman–Crippen MR) is 97.4 cm³/mol. The third kappa shape index (κ3) is 3.59. The second-order valence-electron chi connectivity index (χ2n) is 7.07. The topological polar surface area (TPSA) is 32.3 Å². The molecule has 2 aromatic rings. The second kappa shape index (κ2) is 6.96. The zero-order valence-electron chi connectivity index (χ0n) is 14.3. The smallest absolute Gasteiger partial charge is 0.255 e. The largest absolute Gasteiger partial charge is 0.322 e. The van der Waals surface area contributed by atoms with Crippen LogP contribution < -0.4 is 5.32 Å². The number of hydrogen-bond donors (Lipinski definition) is 1. The Morgan fingerprint density at radius 1 is 1.00 bits per heavy atom. The van der Waals surface area contributed by atoms with Gasteiger partial charge in [0.1, 0.15) is 5.82 Å². The van der Waals surface area contributed by atoms with Gasteiger partial charge < -0.3 is 5.32 Å². The van der Waals surface area contributed by atoms with Gasteiger partial charge in [-0.1, -0.05) is 12.5 Å². The number of fused-ring (bicyclic) bond motifs is 1. The van der Waals surface area contributed by atoms with E-state index in [1.54, 1.807) is 0 Å². The van der Waals surface area contributed by atoms with E-state index in [0.29, 0.717) is 5.56 Å². The summed E-state index contributed by atoms with van der Waals surface area (Å²) >= 11 is 0. The van der Waals surface area contributed by atoms with Crippen LogP contribution in [0, 0.1) is 5.82 Å². The Balaban J connectivity index is 1.45. The summed E-state index contributed by atoms with van der Waals surface area (Å²) in [4.78, 5) is 14.9. The van der Waals surface area contributed by atoms with Gasteiger partial charge in [0.25, 0.3) is 5.91 Å². The summed E-state index contributed by atoms with van der Waals surface area (Å²) < 4.78 is 13.0. The van der Waals surface area contributed by atoms with E-state index in [0.717, 1.165) is 37.7 Å². The third-order valence-electron chi connectivity index (χ3n) is 5.50. The molecule has 4 rings (SSSR count). The number of benzene rings is 2. The van der Waals surface area contributed by atoms with E-state index in [9.17, 15) is 9.18 Å². The lowest BCUT2D eigenvalue weighted by molar-refractivity contribution is 0.102. The average Bonchev–Trinajstić information content (AvgIpc) is 2.77. The number of hydrogen-bond acceptors (Lipinski definition) is 2. The number of anilines is 1. The summed E-state index contributed by atoms with van der Waals surface area (Å²) in [6.45, 7) is 2.24. The predicted octanol–water partition coefficient (Wildman–Crippen LogP) is 4.03. The maximum absolute atomic E-state index is 13.0. The molecule has 1 heterocycles. The zero-order chi connectivity index (χ0) is 17.2. The third-order valence-corrected chi connectivity index (χ3v) is 5.50. The van der Waals surface area contributed by atoms with Gasteiger partial charge in [-0.3, -0.25) is 9.69 Å². The Morgan fingerprint density at radius 2 is 1.72 bits per heavy atom. The van der Waals surface area contributed by atoms with Gasteiger partial charge in [-0.05, 0) is 73.2 Å². The van der Waals surface area contributed by atoms with Crippen molar-refractivity contribution < 1.29 is 9.18 Å². The van der Waals surface area contributed by atoms with Gasteiger partial charge in [0.15, 0.2) is 0 Å². The van der Waals surface area contributed by atoms with E-state index < -0.39 is 0 Å². The number of nitrogens with one attached hydrogen (secondary N) is 1. The van der Waals surface area contributed by atoms with E-state index >= 15 is 0 Å². The number of halogens is 1. The van der Waals surface area contributed by atoms with Crippen LogP contribution in [0.15, 0.2) is 42.5 Å². The van der Waals surface area contributed by atoms with Crippen LogP contribution in [0.2, 0.25) is 0 Å². The second-order valence-corrected chi connectivity index (χ2v) is 7.07. The molecule has 130 valence electrons. The molecule has 0 saturated heterocycles. The molecule has 1 aliphatic heterocycles. The van der Waals surface area contributed by atoms with Crippen LogP contribution in [0.3, 0.4) is 0 Å². The molecule has 1 amide bonds. The maximum Gasteiger partial charge on any atom is 0.255 e. The molecule has 1 aliphatic carbocycles. The molecule has 3 nitrogen and oxygen atoms in total. The van der Waals surface area contributed by atoms with E-state index in [1.807, 2.05) is 6.07 Å². The Hall–Kier alpha value is -2.20. The Kier molecular flexibility index (Phi) is 4.53. The highest BCUT2D eigenvalue weighted by Gasteiger charge is 2.26. The molecule has 4 heteroatoms. The van der Waals surface area contributed by atoms with Gasteiger partial charge in [0, 0.05) is 30.4 Å². The van der Waals surface area contributed by atoms with Crippen molar-refractivity contribution >= 4 is 11.6 Å². The quantitative estimate of drug-likeness (QED) is 0.916. The summed E-state index contributed by atoms with van der Waals surface area (Å²) in [6.07, 6.45) is 6.17. The van der Waals surface area contributed by atoms with Crippen molar-refractivity contribution in [3.05, 3.63) is 65.0 Å². The number of amides is 1. The molecule has 1 N–H and O–H groups in total. The van der Waals surface area contributed by atoms with E-state index in [2.05, 4.69) is 22.3 Å². The molecular formula is C21H23FN2O. The lowest BCUT2D eigenvalue weighted by Crippen LogP contribution is -2.41. The van der Waals surface area contributed by atoms with Gasteiger partial charge in [-0.2, -0.15) is 0 Å². The summed E-state index contributed by atoms with van der Waals surface area (Å²) in [5.41, 5.74) is 4.00. The summed E-state index contributed by atoms with van der Waals surface area (Å²) in [7, 11) is 0. The van der Waals surface area contributed by atoms with Crippen molar-refractivity contribution in [3.8, 4) is 0 Å². The molecule has 2 aromatic carbocycles. The van der Waals surface area contributed by atoms with Gasteiger partial charge in [-0.15, -0.1) is 0 Å². The minimum Gasteiger partial charge on any atom is -0.322 e. The monoisotopic (exact) mass is 338 g/mol. The molecule has 0 aromatic heterocycles. The Labute approximate surface area is 147 Å². The maximum atomic E-state index is 13.0. The van der Waals surface area contributed by atoms with Crippen LogP contribution in [0.25, 0.3) is 0 Å². The van der Waals surface area contributed by atoms with Gasteiger partial charge >= 0.3 is 0 Å². The van der Waals surface area contributed by atoms with Crippen LogP contribution in [-0.2, 0) is 12.8 Å². The zero-order valence-corrected chi connectivity index (χ0v) is 14.3. The fourth-order valence-corrected chi connectivity index (χ4v) is 3.74. The molecule has 0 radical (unpaired) electrons. The Bertz CT molecular complexity index is 768. The standard InChI is InChI=1S/C21H23FN2O/c22-18-7-4-16(5-8-18)21(25)23-19-9-6-15-10-12-24(20-2-1-3-20)13-11-17(15)14-19/h4-9,14,20H,1-3,10-13H2,(H,23,25). The van der Waals surface area contributed by atoms with Gasteiger partial charge in [0.05, 0.1) is 0 Å². The van der Waals surface area contributed by atoms with Crippen LogP contribution in [0.5, 0.6) is 0 Å². The molecule has 1 saturated carbocycles. The summed E-state index contributed by atoms with van der Waals surface area (Å²) in [5, 5.41) is 2.93. The minimum atomic E-state index is -0.336. The molecule has 0 spiro atoms. The fourth-order valence-electron chi connectivity index (χ4n) is 3.74. The van der Waals surface area contributed by atoms with E-state index in [-0.39, 0.29) is 11.7 Å². The average molecular weight is 338 g/mol. The number of rotatable bonds is 3. The van der Waals surface area contributed by atoms with Crippen LogP contribution in [0.4, 0.5) is 10.1 Å². The summed E-state index contributed by atoms with van der Waals surface area (Å²) in [5.74, 6) is -0.540. The molecule has 1 fully saturated rings. The fraction of sp³-hybridized carbons (Fsp3) is 0.381. The molecular weight excluding hydrogens is 315 g/mol. The number of carbonyl (C=O) groups excluding carboxylic acids is 1. The highest BCUT2D eigenvalue weighted by molar-refractivity contribution is 6.04. The van der Waals surface area contributed by atoms with Gasteiger partial charge in [-0.25, -0.2) is 4.39 Å². The molecule has 25 heavy (non-hydrogen) atoms. The first kappa shape index (κ1) is 16.3. The molecule has 0 atom stereocenters. The first-order chi connectivity index (χ1) is 12.2. The number of carbonyl (C=O) groups is 1. The minimum absolute atomic E-state index is 0.204. The highest BCUT2D eigenvalue weighted by Crippen LogP contribution is 2.28. The Morgan fingerprint density at radius 3 is 2.40 bits per heavy atom. The number of nitrogens with zero attached hydrogens (tertiary/aromatic N) is 1. The summed E-state index contributed by atoms with van der Waals surface area (Å²) in [6, 6.07) is 12.6. The van der Waals surface area contributed by atoms with Crippen LogP contribution in [-0.4, -0.2) is 29.9 Å². The highest BCUT2D eigenvalue weighted by atomic mass is 19.1. The van der Waals surface area contributed by atoms with Crippen molar-refractivity contribution in [3.63, 3.8) is 0 Å². The van der Waals surface area contributed by atoms with E-state index in [4.69, 9.17) is 0 Å². The molecule has 0 unspecified atom stereocenters. The normalized spacial score (nSPS) is 18.1. The van der Waals surface area contributed by atoms with Crippen molar-refractivity contribution in [1.29, 1.82) is 0 Å². The first-order valence-corrected chi connectivity index (χ1v) is 9.12. The lowest BCUT2D eigenvalue weighted by Gasteiger charge is -2.36. The van der Waals surface area contributed by atoms with Crippen LogP contribution >= 0.6 is 0 Å². The SMILES string of the molecule is O=C(Nc1ccc2c(c1)CCN(C1CCC1)CC2)c1ccc(F)cc1. The van der Waals surface area contributed by atoms with E-state index in [1.165, 1.54) is 54.7 Å². The lowest BCUT2D eigenvalue weighted by atomic mass is 9.91. The van der Waals surface area contributed by atoms with Crippen molar-refractivity contribution in [2.75, 3.05) is 18.4 Å². The van der Waals surface area contributed by atoms with Crippen molar-refractivity contribution in [2.24, 2.45) is 0 Å². The van der Waals surface area contributed by atoms with Crippen molar-refractivity contribution in [1.82, 2.24) is 4.90 Å². The first-order valence-electron chi connectivity index (χ1n) is 9.12. The van der Waals surface area contributed by atoms with Crippen LogP contribution in [0.1, 0.15) is 40.7 Å². The van der Waals surface area contributed by atoms with Gasteiger partial charge in [0.2, 0.25) is 0 Å². The van der Waals surface area contributed by atoms with Crippen molar-refractivity contribution in [2.45, 2.75) is 38.1 Å².